The molecule has 2 heterocycles. The molecule has 31 heavy (non-hydrogen) atoms. The highest BCUT2D eigenvalue weighted by Crippen LogP contribution is 2.38. The first-order chi connectivity index (χ1) is 15.0. The van der Waals surface area contributed by atoms with Crippen molar-refractivity contribution < 1.29 is 14.4 Å². The van der Waals surface area contributed by atoms with Crippen LogP contribution in [0.1, 0.15) is 5.56 Å². The molecular formula is C20H18N6O4S. The number of aryl methyl sites for hydroxylation is 1. The summed E-state index contributed by atoms with van der Waals surface area (Å²) in [7, 11) is 3.04. The topological polar surface area (TPSA) is 124 Å². The summed E-state index contributed by atoms with van der Waals surface area (Å²) in [5.41, 5.74) is 2.05. The predicted octanol–water partition coefficient (Wildman–Crippen LogP) is 4.81. The van der Waals surface area contributed by atoms with E-state index in [2.05, 4.69) is 25.6 Å². The summed E-state index contributed by atoms with van der Waals surface area (Å²) in [4.78, 5) is 24.0. The van der Waals surface area contributed by atoms with Crippen LogP contribution in [0.5, 0.6) is 11.5 Å². The molecule has 4 rings (SSSR count). The van der Waals surface area contributed by atoms with E-state index in [1.165, 1.54) is 24.8 Å². The second kappa shape index (κ2) is 8.40. The molecule has 2 aromatic heterocycles. The number of fused-ring (bicyclic) bond motifs is 1. The third-order valence-electron chi connectivity index (χ3n) is 4.51. The monoisotopic (exact) mass is 438 g/mol. The van der Waals surface area contributed by atoms with E-state index in [1.807, 2.05) is 25.1 Å². The zero-order valence-corrected chi connectivity index (χ0v) is 17.7. The van der Waals surface area contributed by atoms with Crippen molar-refractivity contribution in [2.24, 2.45) is 0 Å². The highest BCUT2D eigenvalue weighted by molar-refractivity contribution is 7.22. The molecule has 0 amide bonds. The Hall–Kier alpha value is -3.99. The van der Waals surface area contributed by atoms with E-state index in [-0.39, 0.29) is 17.3 Å². The Bertz CT molecular complexity index is 1280. The van der Waals surface area contributed by atoms with Crippen LogP contribution in [-0.2, 0) is 0 Å². The van der Waals surface area contributed by atoms with Gasteiger partial charge in [-0.1, -0.05) is 23.5 Å². The van der Waals surface area contributed by atoms with Crippen LogP contribution in [0.15, 0.2) is 42.7 Å². The van der Waals surface area contributed by atoms with Gasteiger partial charge in [-0.15, -0.1) is 0 Å². The molecule has 0 radical (unpaired) electrons. The Morgan fingerprint density at radius 2 is 1.84 bits per heavy atom. The Kier molecular flexibility index (Phi) is 5.50. The Morgan fingerprint density at radius 1 is 1.06 bits per heavy atom. The zero-order valence-electron chi connectivity index (χ0n) is 16.9. The van der Waals surface area contributed by atoms with Gasteiger partial charge in [-0.3, -0.25) is 10.1 Å². The summed E-state index contributed by atoms with van der Waals surface area (Å²) in [6.07, 6.45) is 1.24. The van der Waals surface area contributed by atoms with Crippen molar-refractivity contribution in [1.29, 1.82) is 0 Å². The number of hydrogen-bond acceptors (Lipinski definition) is 10. The summed E-state index contributed by atoms with van der Waals surface area (Å²) < 4.78 is 11.5. The number of benzene rings is 2. The van der Waals surface area contributed by atoms with Gasteiger partial charge in [-0.2, -0.15) is 0 Å². The molecule has 2 aromatic carbocycles. The van der Waals surface area contributed by atoms with E-state index in [0.717, 1.165) is 15.8 Å². The molecule has 0 aliphatic rings. The maximum absolute atomic E-state index is 11.9. The lowest BCUT2D eigenvalue weighted by Crippen LogP contribution is -2.06. The fourth-order valence-corrected chi connectivity index (χ4v) is 3.95. The normalized spacial score (nSPS) is 10.7. The molecule has 0 aliphatic heterocycles. The molecule has 0 bridgehead atoms. The fraction of sp³-hybridized carbons (Fsp3) is 0.150. The van der Waals surface area contributed by atoms with Gasteiger partial charge < -0.3 is 20.1 Å². The van der Waals surface area contributed by atoms with Crippen LogP contribution in [0.3, 0.4) is 0 Å². The van der Waals surface area contributed by atoms with Crippen LogP contribution in [-0.4, -0.2) is 34.1 Å². The van der Waals surface area contributed by atoms with Crippen molar-refractivity contribution in [1.82, 2.24) is 15.0 Å². The first-order valence-electron chi connectivity index (χ1n) is 9.11. The number of aromatic nitrogens is 3. The molecule has 4 aromatic rings. The van der Waals surface area contributed by atoms with Crippen LogP contribution >= 0.6 is 11.3 Å². The van der Waals surface area contributed by atoms with Gasteiger partial charge in [0.1, 0.15) is 17.8 Å². The van der Waals surface area contributed by atoms with Gasteiger partial charge in [0.15, 0.2) is 5.13 Å². The lowest BCUT2D eigenvalue weighted by molar-refractivity contribution is -0.383. The summed E-state index contributed by atoms with van der Waals surface area (Å²) in [6.45, 7) is 1.96. The predicted molar refractivity (Wildman–Crippen MR) is 119 cm³/mol. The van der Waals surface area contributed by atoms with Crippen LogP contribution in [0.2, 0.25) is 0 Å². The van der Waals surface area contributed by atoms with E-state index in [4.69, 9.17) is 9.47 Å². The van der Waals surface area contributed by atoms with Crippen LogP contribution in [0.25, 0.3) is 10.2 Å². The molecular weight excluding hydrogens is 420 g/mol. The van der Waals surface area contributed by atoms with Crippen molar-refractivity contribution in [2.45, 2.75) is 6.92 Å². The average molecular weight is 438 g/mol. The van der Waals surface area contributed by atoms with E-state index in [1.54, 1.807) is 25.3 Å². The van der Waals surface area contributed by atoms with Crippen LogP contribution < -0.4 is 20.1 Å². The molecule has 2 N–H and O–H groups in total. The van der Waals surface area contributed by atoms with Gasteiger partial charge in [-0.25, -0.2) is 15.0 Å². The quantitative estimate of drug-likeness (QED) is 0.309. The average Bonchev–Trinajstić information content (AvgIpc) is 3.18. The van der Waals surface area contributed by atoms with Crippen molar-refractivity contribution in [2.75, 3.05) is 24.9 Å². The molecule has 0 atom stereocenters. The number of para-hydroxylation sites is 1. The van der Waals surface area contributed by atoms with Crippen molar-refractivity contribution in [3.63, 3.8) is 0 Å². The fourth-order valence-electron chi connectivity index (χ4n) is 3.00. The van der Waals surface area contributed by atoms with Crippen molar-refractivity contribution in [3.8, 4) is 11.5 Å². The minimum atomic E-state index is -0.542. The number of nitrogens with one attached hydrogen (secondary N) is 2. The molecule has 0 unspecified atom stereocenters. The maximum Gasteiger partial charge on any atom is 0.353 e. The lowest BCUT2D eigenvalue weighted by atomic mass is 10.2. The first-order valence-corrected chi connectivity index (χ1v) is 9.93. The molecule has 158 valence electrons. The highest BCUT2D eigenvalue weighted by Gasteiger charge is 2.25. The number of hydrogen-bond donors (Lipinski definition) is 2. The number of methoxy groups -OCH3 is 2. The standard InChI is InChI=1S/C20H18N6O4S/c1-11-5-4-6-15-16(11)24-20(31-15)25-19-17(26(27)28)18(21-10-22-19)23-13-8-7-12(29-2)9-14(13)30-3/h4-10H,1-3H3,(H2,21,22,23,24,25). The number of rotatable bonds is 7. The summed E-state index contributed by atoms with van der Waals surface area (Å²) in [5, 5.41) is 18.3. The summed E-state index contributed by atoms with van der Waals surface area (Å²) in [6, 6.07) is 10.9. The Labute approximate surface area is 181 Å². The molecule has 0 aliphatic carbocycles. The summed E-state index contributed by atoms with van der Waals surface area (Å²) in [5.74, 6) is 1.09. The summed E-state index contributed by atoms with van der Waals surface area (Å²) >= 11 is 1.39. The molecule has 0 fully saturated rings. The van der Waals surface area contributed by atoms with Crippen LogP contribution in [0.4, 0.5) is 28.1 Å². The van der Waals surface area contributed by atoms with Gasteiger partial charge in [0, 0.05) is 6.07 Å². The van der Waals surface area contributed by atoms with Gasteiger partial charge in [0.2, 0.25) is 11.6 Å². The first kappa shape index (κ1) is 20.3. The highest BCUT2D eigenvalue weighted by atomic mass is 32.1. The van der Waals surface area contributed by atoms with Gasteiger partial charge in [-0.05, 0) is 30.7 Å². The SMILES string of the molecule is COc1ccc(Nc2ncnc(Nc3nc4c(C)cccc4s3)c2[N+](=O)[O-])c(OC)c1. The number of nitrogens with zero attached hydrogens (tertiary/aromatic N) is 4. The second-order valence-electron chi connectivity index (χ2n) is 6.43. The lowest BCUT2D eigenvalue weighted by Gasteiger charge is -2.13. The minimum absolute atomic E-state index is 0.0169. The minimum Gasteiger partial charge on any atom is -0.497 e. The van der Waals surface area contributed by atoms with E-state index in [9.17, 15) is 10.1 Å². The molecule has 0 spiro atoms. The van der Waals surface area contributed by atoms with Crippen molar-refractivity contribution in [3.05, 3.63) is 58.4 Å². The van der Waals surface area contributed by atoms with Crippen molar-refractivity contribution >= 4 is 49.7 Å². The molecule has 0 saturated carbocycles. The second-order valence-corrected chi connectivity index (χ2v) is 7.46. The third-order valence-corrected chi connectivity index (χ3v) is 5.45. The zero-order chi connectivity index (χ0) is 22.0. The smallest absolute Gasteiger partial charge is 0.353 e. The molecule has 11 heteroatoms. The van der Waals surface area contributed by atoms with Gasteiger partial charge in [0.25, 0.3) is 0 Å². The van der Waals surface area contributed by atoms with Gasteiger partial charge in [0.05, 0.1) is 35.0 Å². The molecule has 10 nitrogen and oxygen atoms in total. The Morgan fingerprint density at radius 3 is 2.52 bits per heavy atom. The number of nitro groups is 1. The number of thiazole rings is 1. The molecule has 0 saturated heterocycles. The Balaban J connectivity index is 1.71. The maximum atomic E-state index is 11.9. The van der Waals surface area contributed by atoms with E-state index in [0.29, 0.717) is 22.3 Å². The largest absolute Gasteiger partial charge is 0.497 e. The number of ether oxygens (including phenoxy) is 2. The van der Waals surface area contributed by atoms with Crippen LogP contribution in [0, 0.1) is 17.0 Å². The number of anilines is 4. The third kappa shape index (κ3) is 4.03. The van der Waals surface area contributed by atoms with E-state index < -0.39 is 4.92 Å². The van der Waals surface area contributed by atoms with E-state index >= 15 is 0 Å². The van der Waals surface area contributed by atoms with Gasteiger partial charge >= 0.3 is 5.69 Å².